The SMILES string of the molecule is CCC(C)C(N)C(=O)NC(CC(C)C)C(=O)NC(Cc1cnc[nH]1)C(=O)NC(CC(N)=O)C(=O)O. The van der Waals surface area contributed by atoms with E-state index in [2.05, 4.69) is 25.9 Å². The number of carboxylic acids is 1. The van der Waals surface area contributed by atoms with E-state index >= 15 is 0 Å². The van der Waals surface area contributed by atoms with Crippen molar-refractivity contribution in [2.24, 2.45) is 23.3 Å². The number of nitrogens with two attached hydrogens (primary N) is 2. The van der Waals surface area contributed by atoms with Crippen molar-refractivity contribution in [3.05, 3.63) is 18.2 Å². The molecule has 0 spiro atoms. The highest BCUT2D eigenvalue weighted by Crippen LogP contribution is 2.10. The summed E-state index contributed by atoms with van der Waals surface area (Å²) in [6.45, 7) is 7.48. The summed E-state index contributed by atoms with van der Waals surface area (Å²) >= 11 is 0. The van der Waals surface area contributed by atoms with Crippen molar-refractivity contribution in [3.8, 4) is 0 Å². The number of hydrogen-bond donors (Lipinski definition) is 7. The van der Waals surface area contributed by atoms with Gasteiger partial charge < -0.3 is 37.5 Å². The molecule has 9 N–H and O–H groups in total. The summed E-state index contributed by atoms with van der Waals surface area (Å²) < 4.78 is 0. The van der Waals surface area contributed by atoms with Gasteiger partial charge in [0.05, 0.1) is 18.8 Å². The third-order valence-corrected chi connectivity index (χ3v) is 5.53. The predicted molar refractivity (Wildman–Crippen MR) is 126 cm³/mol. The van der Waals surface area contributed by atoms with Crippen molar-refractivity contribution in [1.82, 2.24) is 25.9 Å². The maximum Gasteiger partial charge on any atom is 0.326 e. The second-order valence-corrected chi connectivity index (χ2v) is 9.01. The molecule has 196 valence electrons. The van der Waals surface area contributed by atoms with E-state index in [4.69, 9.17) is 11.5 Å². The number of imidazole rings is 1. The normalized spacial score (nSPS) is 15.4. The molecule has 0 radical (unpaired) electrons. The number of aliphatic carboxylic acids is 1. The zero-order valence-corrected chi connectivity index (χ0v) is 20.5. The van der Waals surface area contributed by atoms with Crippen molar-refractivity contribution < 1.29 is 29.1 Å². The van der Waals surface area contributed by atoms with Crippen LogP contribution >= 0.6 is 0 Å². The van der Waals surface area contributed by atoms with Crippen molar-refractivity contribution in [1.29, 1.82) is 0 Å². The lowest BCUT2D eigenvalue weighted by Crippen LogP contribution is -2.58. The molecular weight excluding hydrogens is 458 g/mol. The van der Waals surface area contributed by atoms with Crippen LogP contribution in [0, 0.1) is 11.8 Å². The van der Waals surface area contributed by atoms with Gasteiger partial charge in [0, 0.05) is 18.3 Å². The molecule has 1 aromatic heterocycles. The minimum absolute atomic E-state index is 0.0257. The molecule has 0 aliphatic rings. The fourth-order valence-corrected chi connectivity index (χ4v) is 3.25. The summed E-state index contributed by atoms with van der Waals surface area (Å²) in [6, 6.07) is -4.58. The number of hydrogen-bond acceptors (Lipinski definition) is 7. The van der Waals surface area contributed by atoms with E-state index in [1.165, 1.54) is 12.5 Å². The first kappa shape index (κ1) is 29.6. The molecular formula is C22H37N7O6. The van der Waals surface area contributed by atoms with E-state index in [0.29, 0.717) is 12.1 Å². The summed E-state index contributed by atoms with van der Waals surface area (Å²) in [7, 11) is 0. The lowest BCUT2D eigenvalue weighted by atomic mass is 9.97. The van der Waals surface area contributed by atoms with Crippen LogP contribution in [0.2, 0.25) is 0 Å². The Hall–Kier alpha value is -3.48. The Balaban J connectivity index is 3.09. The number of primary amides is 1. The van der Waals surface area contributed by atoms with Crippen LogP contribution in [0.3, 0.4) is 0 Å². The molecule has 0 bridgehead atoms. The number of carbonyl (C=O) groups is 5. The Morgan fingerprint density at radius 1 is 1.00 bits per heavy atom. The van der Waals surface area contributed by atoms with E-state index in [1.54, 1.807) is 0 Å². The number of carbonyl (C=O) groups excluding carboxylic acids is 4. The Morgan fingerprint density at radius 3 is 2.06 bits per heavy atom. The van der Waals surface area contributed by atoms with Crippen molar-refractivity contribution in [2.75, 3.05) is 0 Å². The highest BCUT2D eigenvalue weighted by Gasteiger charge is 2.32. The largest absolute Gasteiger partial charge is 0.480 e. The molecule has 35 heavy (non-hydrogen) atoms. The second kappa shape index (κ2) is 14.0. The smallest absolute Gasteiger partial charge is 0.326 e. The quantitative estimate of drug-likeness (QED) is 0.156. The topological polar surface area (TPSA) is 222 Å². The number of aromatic nitrogens is 2. The molecule has 13 heteroatoms. The number of rotatable bonds is 15. The third kappa shape index (κ3) is 10.1. The van der Waals surface area contributed by atoms with Gasteiger partial charge in [-0.2, -0.15) is 0 Å². The fourth-order valence-electron chi connectivity index (χ4n) is 3.25. The van der Waals surface area contributed by atoms with Crippen LogP contribution in [0.5, 0.6) is 0 Å². The number of H-pyrrole nitrogens is 1. The van der Waals surface area contributed by atoms with Crippen molar-refractivity contribution in [3.63, 3.8) is 0 Å². The first-order valence-corrected chi connectivity index (χ1v) is 11.5. The van der Waals surface area contributed by atoms with Crippen LogP contribution < -0.4 is 27.4 Å². The summed E-state index contributed by atoms with van der Waals surface area (Å²) in [6.07, 6.45) is 3.13. The molecule has 0 saturated carbocycles. The van der Waals surface area contributed by atoms with Gasteiger partial charge in [0.2, 0.25) is 23.6 Å². The predicted octanol–water partition coefficient (Wildman–Crippen LogP) is -1.21. The van der Waals surface area contributed by atoms with Crippen molar-refractivity contribution in [2.45, 2.75) is 77.5 Å². The summed E-state index contributed by atoms with van der Waals surface area (Å²) in [4.78, 5) is 68.0. The monoisotopic (exact) mass is 495 g/mol. The van der Waals surface area contributed by atoms with E-state index in [0.717, 1.165) is 0 Å². The molecule has 0 aromatic carbocycles. The van der Waals surface area contributed by atoms with E-state index in [-0.39, 0.29) is 24.7 Å². The first-order chi connectivity index (χ1) is 16.3. The summed E-state index contributed by atoms with van der Waals surface area (Å²) in [5, 5.41) is 16.8. The summed E-state index contributed by atoms with van der Waals surface area (Å²) in [5.74, 6) is -4.40. The number of nitrogens with zero attached hydrogens (tertiary/aromatic N) is 1. The Morgan fingerprint density at radius 2 is 1.57 bits per heavy atom. The van der Waals surface area contributed by atoms with Gasteiger partial charge in [0.15, 0.2) is 0 Å². The Bertz CT molecular complexity index is 874. The first-order valence-electron chi connectivity index (χ1n) is 11.5. The number of nitrogens with one attached hydrogen (secondary N) is 4. The summed E-state index contributed by atoms with van der Waals surface area (Å²) in [5.41, 5.74) is 11.6. The van der Waals surface area contributed by atoms with Gasteiger partial charge in [-0.05, 0) is 18.3 Å². The lowest BCUT2D eigenvalue weighted by molar-refractivity contribution is -0.143. The molecule has 0 aliphatic heterocycles. The minimum atomic E-state index is -1.57. The Kier molecular flexibility index (Phi) is 11.9. The minimum Gasteiger partial charge on any atom is -0.480 e. The molecule has 4 amide bonds. The molecule has 5 unspecified atom stereocenters. The van der Waals surface area contributed by atoms with E-state index in [9.17, 15) is 29.1 Å². The van der Waals surface area contributed by atoms with Crippen LogP contribution in [-0.4, -0.2) is 68.8 Å². The standard InChI is InChI=1S/C22H37N7O6/c1-5-12(4)18(24)21(33)28-14(6-11(2)3)19(31)27-15(7-13-9-25-10-26-13)20(32)29-16(22(34)35)8-17(23)30/h9-12,14-16,18H,5-8,24H2,1-4H3,(H2,23,30)(H,25,26)(H,27,31)(H,28,33)(H,29,32)(H,34,35). The maximum atomic E-state index is 13.2. The number of amides is 4. The maximum absolute atomic E-state index is 13.2. The average Bonchev–Trinajstić information content (AvgIpc) is 3.28. The third-order valence-electron chi connectivity index (χ3n) is 5.53. The number of carboxylic acid groups (broad SMARTS) is 1. The molecule has 0 aliphatic carbocycles. The fraction of sp³-hybridized carbons (Fsp3) is 0.636. The van der Waals surface area contributed by atoms with E-state index in [1.807, 2.05) is 27.7 Å². The van der Waals surface area contributed by atoms with Crippen molar-refractivity contribution >= 4 is 29.6 Å². The van der Waals surface area contributed by atoms with Gasteiger partial charge in [-0.15, -0.1) is 0 Å². The molecule has 0 fully saturated rings. The molecule has 0 saturated heterocycles. The zero-order valence-electron chi connectivity index (χ0n) is 20.5. The van der Waals surface area contributed by atoms with Crippen LogP contribution in [0.25, 0.3) is 0 Å². The van der Waals surface area contributed by atoms with E-state index < -0.39 is 60.2 Å². The van der Waals surface area contributed by atoms with Gasteiger partial charge in [0.1, 0.15) is 18.1 Å². The van der Waals surface area contributed by atoms with Gasteiger partial charge in [-0.1, -0.05) is 34.1 Å². The van der Waals surface area contributed by atoms with Gasteiger partial charge >= 0.3 is 5.97 Å². The van der Waals surface area contributed by atoms with Crippen LogP contribution in [0.4, 0.5) is 0 Å². The molecule has 5 atom stereocenters. The van der Waals surface area contributed by atoms with Crippen LogP contribution in [-0.2, 0) is 30.4 Å². The highest BCUT2D eigenvalue weighted by atomic mass is 16.4. The van der Waals surface area contributed by atoms with Gasteiger partial charge in [-0.3, -0.25) is 19.2 Å². The Labute approximate surface area is 204 Å². The van der Waals surface area contributed by atoms with Crippen LogP contribution in [0.15, 0.2) is 12.5 Å². The molecule has 1 aromatic rings. The average molecular weight is 496 g/mol. The molecule has 1 heterocycles. The van der Waals surface area contributed by atoms with Crippen LogP contribution in [0.1, 0.15) is 52.7 Å². The van der Waals surface area contributed by atoms with Gasteiger partial charge in [-0.25, -0.2) is 9.78 Å². The van der Waals surface area contributed by atoms with Gasteiger partial charge in [0.25, 0.3) is 0 Å². The molecule has 13 nitrogen and oxygen atoms in total. The highest BCUT2D eigenvalue weighted by molar-refractivity contribution is 5.95. The number of aromatic amines is 1. The zero-order chi connectivity index (χ0) is 26.7. The molecule has 1 rings (SSSR count). The lowest BCUT2D eigenvalue weighted by Gasteiger charge is -2.26. The second-order valence-electron chi connectivity index (χ2n) is 9.01.